The molecule has 29 heavy (non-hydrogen) atoms. The van der Waals surface area contributed by atoms with E-state index in [1.165, 1.54) is 36.1 Å². The molecule has 154 valence electrons. The molecule has 0 unspecified atom stereocenters. The van der Waals surface area contributed by atoms with E-state index < -0.39 is 0 Å². The van der Waals surface area contributed by atoms with Crippen LogP contribution in [-0.4, -0.2) is 24.8 Å². The summed E-state index contributed by atoms with van der Waals surface area (Å²) in [6, 6.07) is 8.23. The number of aliphatic imine (C=N–C) groups is 1. The average molecular weight is 411 g/mol. The van der Waals surface area contributed by atoms with Gasteiger partial charge in [0.25, 0.3) is 5.91 Å². The fourth-order valence-corrected chi connectivity index (χ4v) is 5.61. The van der Waals surface area contributed by atoms with Crippen molar-refractivity contribution in [3.05, 3.63) is 45.8 Å². The van der Waals surface area contributed by atoms with Gasteiger partial charge in [-0.05, 0) is 63.1 Å². The first-order valence-corrected chi connectivity index (χ1v) is 11.8. The van der Waals surface area contributed by atoms with Crippen LogP contribution in [0.2, 0.25) is 0 Å². The molecule has 1 aromatic heterocycles. The third-order valence-corrected chi connectivity index (χ3v) is 7.06. The molecule has 4 rings (SSSR count). The molecule has 0 spiro atoms. The molecule has 1 fully saturated rings. The molecule has 1 amide bonds. The van der Waals surface area contributed by atoms with Crippen LogP contribution in [0.4, 0.5) is 5.00 Å². The van der Waals surface area contributed by atoms with E-state index in [9.17, 15) is 4.79 Å². The molecule has 5 heteroatoms. The lowest BCUT2D eigenvalue weighted by Crippen LogP contribution is -2.36. The second-order valence-electron chi connectivity index (χ2n) is 7.93. The number of rotatable bonds is 6. The summed E-state index contributed by atoms with van der Waals surface area (Å²) >= 11 is 1.69. The van der Waals surface area contributed by atoms with Gasteiger partial charge in [0, 0.05) is 22.7 Å². The highest BCUT2D eigenvalue weighted by atomic mass is 32.1. The number of carbonyl (C=O) groups excluding carboxylic acids is 1. The highest BCUT2D eigenvalue weighted by molar-refractivity contribution is 7.16. The number of ether oxygens (including phenoxy) is 1. The van der Waals surface area contributed by atoms with Gasteiger partial charge in [-0.15, -0.1) is 11.3 Å². The molecular formula is C24H30N2O2S. The fourth-order valence-electron chi connectivity index (χ4n) is 4.38. The average Bonchev–Trinajstić information content (AvgIpc) is 3.12. The van der Waals surface area contributed by atoms with Crippen molar-refractivity contribution < 1.29 is 9.53 Å². The highest BCUT2D eigenvalue weighted by Gasteiger charge is 2.27. The maximum atomic E-state index is 13.2. The van der Waals surface area contributed by atoms with Gasteiger partial charge in [-0.3, -0.25) is 4.79 Å². The molecule has 0 atom stereocenters. The number of thiophene rings is 1. The van der Waals surface area contributed by atoms with E-state index in [4.69, 9.17) is 9.73 Å². The van der Waals surface area contributed by atoms with E-state index in [0.717, 1.165) is 54.0 Å². The van der Waals surface area contributed by atoms with Gasteiger partial charge in [0.15, 0.2) is 0 Å². The monoisotopic (exact) mass is 410 g/mol. The van der Waals surface area contributed by atoms with Crippen molar-refractivity contribution in [1.82, 2.24) is 5.32 Å². The minimum Gasteiger partial charge on any atom is -0.493 e. The standard InChI is InChI=1S/C24H30N2O2S/c1-2-28-20-14-8-6-10-17(20)16-25-24-22(19-13-7-9-15-21(19)29-24)23(27)26-18-11-4-3-5-12-18/h6,8,10,14,16,18H,2-5,7,9,11-13,15H2,1H3,(H,26,27). The zero-order valence-electron chi connectivity index (χ0n) is 17.2. The van der Waals surface area contributed by atoms with Crippen LogP contribution in [0.1, 0.15) is 78.2 Å². The summed E-state index contributed by atoms with van der Waals surface area (Å²) < 4.78 is 5.72. The van der Waals surface area contributed by atoms with Crippen LogP contribution in [0.3, 0.4) is 0 Å². The first-order valence-electron chi connectivity index (χ1n) is 11.0. The molecule has 1 aromatic carbocycles. The second kappa shape index (κ2) is 9.57. The zero-order chi connectivity index (χ0) is 20.1. The third-order valence-electron chi connectivity index (χ3n) is 5.86. The van der Waals surface area contributed by atoms with Crippen molar-refractivity contribution in [3.8, 4) is 5.75 Å². The number of fused-ring (bicyclic) bond motifs is 1. The third kappa shape index (κ3) is 4.72. The molecule has 2 aliphatic rings. The van der Waals surface area contributed by atoms with Crippen molar-refractivity contribution in [3.63, 3.8) is 0 Å². The highest BCUT2D eigenvalue weighted by Crippen LogP contribution is 2.40. The topological polar surface area (TPSA) is 50.7 Å². The Balaban J connectivity index is 1.63. The van der Waals surface area contributed by atoms with Crippen LogP contribution < -0.4 is 10.1 Å². The number of hydrogen-bond donors (Lipinski definition) is 1. The minimum absolute atomic E-state index is 0.0709. The summed E-state index contributed by atoms with van der Waals surface area (Å²) in [4.78, 5) is 19.4. The summed E-state index contributed by atoms with van der Waals surface area (Å²) in [7, 11) is 0. The SMILES string of the molecule is CCOc1ccccc1C=Nc1sc2c(c1C(=O)NC1CCCCC1)CCCC2. The van der Waals surface area contributed by atoms with E-state index in [2.05, 4.69) is 5.32 Å². The van der Waals surface area contributed by atoms with E-state index in [0.29, 0.717) is 12.6 Å². The van der Waals surface area contributed by atoms with Gasteiger partial charge in [-0.2, -0.15) is 0 Å². The Labute approximate surface area is 177 Å². The Morgan fingerprint density at radius 2 is 1.97 bits per heavy atom. The van der Waals surface area contributed by atoms with Crippen LogP contribution in [0.25, 0.3) is 0 Å². The quantitative estimate of drug-likeness (QED) is 0.608. The molecule has 1 N–H and O–H groups in total. The lowest BCUT2D eigenvalue weighted by Gasteiger charge is -2.23. The van der Waals surface area contributed by atoms with Crippen molar-refractivity contribution in [2.24, 2.45) is 4.99 Å². The molecule has 4 nitrogen and oxygen atoms in total. The smallest absolute Gasteiger partial charge is 0.254 e. The Hall–Kier alpha value is -2.14. The van der Waals surface area contributed by atoms with Crippen molar-refractivity contribution in [1.29, 1.82) is 0 Å². The van der Waals surface area contributed by atoms with Gasteiger partial charge >= 0.3 is 0 Å². The van der Waals surface area contributed by atoms with E-state index in [-0.39, 0.29) is 5.91 Å². The van der Waals surface area contributed by atoms with Gasteiger partial charge < -0.3 is 10.1 Å². The number of nitrogens with one attached hydrogen (secondary N) is 1. The molecule has 1 saturated carbocycles. The summed E-state index contributed by atoms with van der Waals surface area (Å²) in [5, 5.41) is 4.15. The number of hydrogen-bond acceptors (Lipinski definition) is 4. The molecular weight excluding hydrogens is 380 g/mol. The van der Waals surface area contributed by atoms with Crippen molar-refractivity contribution >= 4 is 28.5 Å². The maximum Gasteiger partial charge on any atom is 0.254 e. The fraction of sp³-hybridized carbons (Fsp3) is 0.500. The van der Waals surface area contributed by atoms with Crippen LogP contribution in [-0.2, 0) is 12.8 Å². The minimum atomic E-state index is 0.0709. The summed E-state index contributed by atoms with van der Waals surface area (Å²) in [6.45, 7) is 2.60. The van der Waals surface area contributed by atoms with E-state index in [1.54, 1.807) is 11.3 Å². The van der Waals surface area contributed by atoms with Crippen LogP contribution in [0.15, 0.2) is 29.3 Å². The van der Waals surface area contributed by atoms with E-state index in [1.807, 2.05) is 37.4 Å². The second-order valence-corrected chi connectivity index (χ2v) is 9.01. The molecule has 0 saturated heterocycles. The molecule has 1 heterocycles. The Morgan fingerprint density at radius 3 is 2.79 bits per heavy atom. The number of amides is 1. The van der Waals surface area contributed by atoms with Gasteiger partial charge in [-0.1, -0.05) is 31.4 Å². The Kier molecular flexibility index (Phi) is 6.65. The predicted molar refractivity (Wildman–Crippen MR) is 120 cm³/mol. The summed E-state index contributed by atoms with van der Waals surface area (Å²) in [6.07, 6.45) is 12.2. The number of aryl methyl sites for hydroxylation is 1. The number of carbonyl (C=O) groups is 1. The lowest BCUT2D eigenvalue weighted by molar-refractivity contribution is 0.0927. The van der Waals surface area contributed by atoms with Gasteiger partial charge in [-0.25, -0.2) is 4.99 Å². The molecule has 0 bridgehead atoms. The van der Waals surface area contributed by atoms with Crippen LogP contribution in [0, 0.1) is 0 Å². The number of benzene rings is 1. The Morgan fingerprint density at radius 1 is 1.17 bits per heavy atom. The predicted octanol–water partition coefficient (Wildman–Crippen LogP) is 5.84. The normalized spacial score (nSPS) is 17.3. The first-order chi connectivity index (χ1) is 14.3. The summed E-state index contributed by atoms with van der Waals surface area (Å²) in [5.74, 6) is 0.898. The van der Waals surface area contributed by atoms with Crippen molar-refractivity contribution in [2.75, 3.05) is 6.61 Å². The summed E-state index contributed by atoms with van der Waals surface area (Å²) in [5.41, 5.74) is 3.00. The van der Waals surface area contributed by atoms with Crippen molar-refractivity contribution in [2.45, 2.75) is 70.8 Å². The maximum absolute atomic E-state index is 13.2. The molecule has 0 radical (unpaired) electrons. The van der Waals surface area contributed by atoms with Gasteiger partial charge in [0.1, 0.15) is 10.8 Å². The molecule has 2 aliphatic carbocycles. The number of para-hydroxylation sites is 1. The Bertz CT molecular complexity index is 881. The van der Waals surface area contributed by atoms with Gasteiger partial charge in [0.05, 0.1) is 12.2 Å². The lowest BCUT2D eigenvalue weighted by atomic mass is 9.93. The van der Waals surface area contributed by atoms with Crippen LogP contribution in [0.5, 0.6) is 5.75 Å². The van der Waals surface area contributed by atoms with E-state index >= 15 is 0 Å². The number of nitrogens with zero attached hydrogens (tertiary/aromatic N) is 1. The van der Waals surface area contributed by atoms with Gasteiger partial charge in [0.2, 0.25) is 0 Å². The molecule has 0 aliphatic heterocycles. The first kappa shape index (κ1) is 20.1. The largest absolute Gasteiger partial charge is 0.493 e. The van der Waals surface area contributed by atoms with Crippen LogP contribution >= 0.6 is 11.3 Å². The zero-order valence-corrected chi connectivity index (χ0v) is 18.0. The molecule has 2 aromatic rings.